The minimum absolute atomic E-state index is 0.0937. The van der Waals surface area contributed by atoms with Crippen LogP contribution in [0.2, 0.25) is 0 Å². The molecule has 1 fully saturated rings. The molecule has 0 bridgehead atoms. The van der Waals surface area contributed by atoms with Gasteiger partial charge >= 0.3 is 0 Å². The van der Waals surface area contributed by atoms with Crippen LogP contribution in [0.15, 0.2) is 70.6 Å². The summed E-state index contributed by atoms with van der Waals surface area (Å²) in [6.07, 6.45) is 10.4. The molecular formula is C29H30N2OS2. The van der Waals surface area contributed by atoms with Crippen LogP contribution in [0, 0.1) is 0 Å². The molecule has 0 amide bonds. The van der Waals surface area contributed by atoms with E-state index in [9.17, 15) is 4.79 Å². The molecule has 2 heterocycles. The van der Waals surface area contributed by atoms with Crippen LogP contribution in [-0.2, 0) is 12.8 Å². The van der Waals surface area contributed by atoms with E-state index in [1.165, 1.54) is 53.7 Å². The Balaban J connectivity index is 1.52. The van der Waals surface area contributed by atoms with Gasteiger partial charge in [-0.25, -0.2) is 4.98 Å². The minimum atomic E-state index is 0.0937. The zero-order valence-corrected chi connectivity index (χ0v) is 21.0. The molecule has 2 aliphatic carbocycles. The number of nitrogens with zero attached hydrogens (tertiary/aromatic N) is 2. The van der Waals surface area contributed by atoms with Crippen molar-refractivity contribution in [3.63, 3.8) is 0 Å². The standard InChI is InChI=1S/C29H30N2OS2/c32-28-25-23-18-10-11-19-24(23)33-27(25)30-29(31(28)22-16-8-3-9-17-22)34-26(20-12-4-1-5-13-20)21-14-6-2-7-15-21/h1-2,4-7,12-15,22,26H,3,8-11,16-19H2. The van der Waals surface area contributed by atoms with Gasteiger partial charge < -0.3 is 0 Å². The van der Waals surface area contributed by atoms with Crippen LogP contribution < -0.4 is 5.56 Å². The van der Waals surface area contributed by atoms with E-state index in [4.69, 9.17) is 4.98 Å². The Kier molecular flexibility index (Phi) is 6.32. The lowest BCUT2D eigenvalue weighted by Crippen LogP contribution is -2.29. The van der Waals surface area contributed by atoms with Gasteiger partial charge in [0, 0.05) is 10.9 Å². The second kappa shape index (κ2) is 9.71. The fraction of sp³-hybridized carbons (Fsp3) is 0.379. The first-order valence-electron chi connectivity index (χ1n) is 12.6. The van der Waals surface area contributed by atoms with E-state index in [2.05, 4.69) is 65.2 Å². The van der Waals surface area contributed by atoms with E-state index in [-0.39, 0.29) is 16.9 Å². The van der Waals surface area contributed by atoms with Crippen molar-refractivity contribution in [2.75, 3.05) is 0 Å². The molecule has 2 aliphatic rings. The van der Waals surface area contributed by atoms with Crippen LogP contribution in [0.5, 0.6) is 0 Å². The molecule has 0 atom stereocenters. The number of thioether (sulfide) groups is 1. The third kappa shape index (κ3) is 4.14. The topological polar surface area (TPSA) is 34.9 Å². The summed E-state index contributed by atoms with van der Waals surface area (Å²) in [6.45, 7) is 0. The van der Waals surface area contributed by atoms with Crippen molar-refractivity contribution in [1.82, 2.24) is 9.55 Å². The molecule has 0 saturated heterocycles. The van der Waals surface area contributed by atoms with Crippen molar-refractivity contribution in [1.29, 1.82) is 0 Å². The highest BCUT2D eigenvalue weighted by Gasteiger charge is 2.28. The molecule has 174 valence electrons. The van der Waals surface area contributed by atoms with Gasteiger partial charge in [-0.15, -0.1) is 11.3 Å². The first-order valence-corrected chi connectivity index (χ1v) is 14.3. The second-order valence-corrected chi connectivity index (χ2v) is 11.7. The average molecular weight is 487 g/mol. The Morgan fingerprint density at radius 3 is 2.18 bits per heavy atom. The Hall–Kier alpha value is -2.37. The predicted molar refractivity (Wildman–Crippen MR) is 143 cm³/mol. The van der Waals surface area contributed by atoms with Gasteiger partial charge in [0.25, 0.3) is 5.56 Å². The van der Waals surface area contributed by atoms with Gasteiger partial charge in [0.2, 0.25) is 0 Å². The smallest absolute Gasteiger partial charge is 0.263 e. The molecule has 6 rings (SSSR count). The van der Waals surface area contributed by atoms with Crippen molar-refractivity contribution < 1.29 is 0 Å². The normalized spacial score (nSPS) is 16.7. The van der Waals surface area contributed by atoms with E-state index in [0.717, 1.165) is 41.1 Å². The molecule has 5 heteroatoms. The van der Waals surface area contributed by atoms with Gasteiger partial charge in [0.1, 0.15) is 4.83 Å². The summed E-state index contributed by atoms with van der Waals surface area (Å²) >= 11 is 3.51. The van der Waals surface area contributed by atoms with Gasteiger partial charge in [0.05, 0.1) is 10.6 Å². The number of rotatable bonds is 5. The maximum atomic E-state index is 14.2. The van der Waals surface area contributed by atoms with Crippen molar-refractivity contribution in [2.45, 2.75) is 74.2 Å². The third-order valence-electron chi connectivity index (χ3n) is 7.36. The van der Waals surface area contributed by atoms with Gasteiger partial charge in [-0.05, 0) is 55.2 Å². The molecule has 0 radical (unpaired) electrons. The van der Waals surface area contributed by atoms with Crippen LogP contribution in [0.25, 0.3) is 10.2 Å². The highest BCUT2D eigenvalue weighted by Crippen LogP contribution is 2.43. The van der Waals surface area contributed by atoms with Crippen molar-refractivity contribution >= 4 is 33.3 Å². The van der Waals surface area contributed by atoms with E-state index in [1.54, 1.807) is 23.1 Å². The first kappa shape index (κ1) is 22.1. The fourth-order valence-electron chi connectivity index (χ4n) is 5.63. The second-order valence-electron chi connectivity index (χ2n) is 9.57. The van der Waals surface area contributed by atoms with E-state index < -0.39 is 0 Å². The lowest BCUT2D eigenvalue weighted by molar-refractivity contribution is 0.326. The number of aryl methyl sites for hydroxylation is 2. The van der Waals surface area contributed by atoms with E-state index in [1.807, 2.05) is 0 Å². The SMILES string of the molecule is O=c1c2c3c(sc2nc(SC(c2ccccc2)c2ccccc2)n1C1CCCCC1)CCCC3. The molecule has 34 heavy (non-hydrogen) atoms. The Morgan fingerprint density at radius 2 is 1.50 bits per heavy atom. The summed E-state index contributed by atoms with van der Waals surface area (Å²) in [5, 5.41) is 1.91. The number of thiophene rings is 1. The maximum Gasteiger partial charge on any atom is 0.263 e. The number of aromatic nitrogens is 2. The van der Waals surface area contributed by atoms with Gasteiger partial charge in [-0.2, -0.15) is 0 Å². The maximum absolute atomic E-state index is 14.2. The molecule has 4 aromatic rings. The summed E-state index contributed by atoms with van der Waals surface area (Å²) < 4.78 is 2.10. The summed E-state index contributed by atoms with van der Waals surface area (Å²) in [7, 11) is 0. The number of hydrogen-bond acceptors (Lipinski definition) is 4. The van der Waals surface area contributed by atoms with Crippen LogP contribution >= 0.6 is 23.1 Å². The molecule has 3 nitrogen and oxygen atoms in total. The summed E-state index contributed by atoms with van der Waals surface area (Å²) in [4.78, 5) is 21.7. The summed E-state index contributed by atoms with van der Waals surface area (Å²) in [6, 6.07) is 21.6. The quantitative estimate of drug-likeness (QED) is 0.214. The third-order valence-corrected chi connectivity index (χ3v) is 9.82. The van der Waals surface area contributed by atoms with Crippen molar-refractivity contribution in [3.8, 4) is 0 Å². The molecule has 2 aromatic heterocycles. The van der Waals surface area contributed by atoms with Crippen molar-refractivity contribution in [2.24, 2.45) is 0 Å². The van der Waals surface area contributed by atoms with Crippen LogP contribution in [0.3, 0.4) is 0 Å². The molecule has 1 saturated carbocycles. The summed E-state index contributed by atoms with van der Waals surface area (Å²) in [5.74, 6) is 0. The van der Waals surface area contributed by atoms with Crippen molar-refractivity contribution in [3.05, 3.63) is 92.6 Å². The zero-order valence-electron chi connectivity index (χ0n) is 19.4. The highest BCUT2D eigenvalue weighted by atomic mass is 32.2. The Labute approximate surface area is 209 Å². The molecule has 2 aromatic carbocycles. The number of fused-ring (bicyclic) bond motifs is 3. The number of benzene rings is 2. The monoisotopic (exact) mass is 486 g/mol. The lowest BCUT2D eigenvalue weighted by Gasteiger charge is -2.27. The molecule has 0 aliphatic heterocycles. The van der Waals surface area contributed by atoms with Gasteiger partial charge in [0.15, 0.2) is 5.16 Å². The zero-order chi connectivity index (χ0) is 22.9. The summed E-state index contributed by atoms with van der Waals surface area (Å²) in [5.41, 5.74) is 3.99. The molecular weight excluding hydrogens is 456 g/mol. The van der Waals surface area contributed by atoms with Crippen LogP contribution in [0.1, 0.15) is 77.8 Å². The highest BCUT2D eigenvalue weighted by molar-refractivity contribution is 7.99. The van der Waals surface area contributed by atoms with Crippen LogP contribution in [-0.4, -0.2) is 9.55 Å². The predicted octanol–water partition coefficient (Wildman–Crippen LogP) is 7.72. The van der Waals surface area contributed by atoms with Gasteiger partial charge in [-0.3, -0.25) is 9.36 Å². The molecule has 0 spiro atoms. The van der Waals surface area contributed by atoms with Crippen LogP contribution in [0.4, 0.5) is 0 Å². The minimum Gasteiger partial charge on any atom is -0.284 e. The van der Waals surface area contributed by atoms with E-state index in [0.29, 0.717) is 0 Å². The fourth-order valence-corrected chi connectivity index (χ4v) is 8.23. The Morgan fingerprint density at radius 1 is 0.853 bits per heavy atom. The largest absolute Gasteiger partial charge is 0.284 e. The Bertz CT molecular complexity index is 1300. The lowest BCUT2D eigenvalue weighted by atomic mass is 9.94. The molecule has 0 unspecified atom stereocenters. The number of hydrogen-bond donors (Lipinski definition) is 0. The first-order chi connectivity index (χ1) is 16.8. The average Bonchev–Trinajstić information content (AvgIpc) is 3.27. The van der Waals surface area contributed by atoms with E-state index >= 15 is 0 Å². The van der Waals surface area contributed by atoms with Gasteiger partial charge in [-0.1, -0.05) is 91.7 Å². The molecule has 0 N–H and O–H groups in total.